The van der Waals surface area contributed by atoms with Crippen LogP contribution in [0.2, 0.25) is 0 Å². The van der Waals surface area contributed by atoms with E-state index in [0.29, 0.717) is 34.9 Å². The number of thiazole rings is 2. The van der Waals surface area contributed by atoms with E-state index in [1.165, 1.54) is 35.6 Å². The Labute approximate surface area is 190 Å². The summed E-state index contributed by atoms with van der Waals surface area (Å²) in [5, 5.41) is 7.75. The molecule has 0 bridgehead atoms. The highest BCUT2D eigenvalue weighted by Crippen LogP contribution is 2.23. The average molecular weight is 497 g/mol. The van der Waals surface area contributed by atoms with Crippen molar-refractivity contribution in [1.29, 1.82) is 0 Å². The standard InChI is InChI=1S/C19H17FN4O5S3/c20-15-9-22-19(31-15)23-18(25)17(24-29-11-16-21-6-8-30-16)12-1-3-13(4-2-12)32(26,27)14-5-7-28-10-14/h1-4,6,8-9,14H,5,7,10-11H2,(H,22,23,25)/t14-/m0/s1. The lowest BCUT2D eigenvalue weighted by atomic mass is 10.1. The second-order valence-corrected chi connectivity index (χ2v) is 10.8. The number of rotatable bonds is 8. The smallest absolute Gasteiger partial charge is 0.280 e. The number of nitrogens with zero attached hydrogens (tertiary/aromatic N) is 3. The number of carbonyl (C=O) groups excluding carboxylic acids is 1. The molecule has 0 spiro atoms. The molecule has 9 nitrogen and oxygen atoms in total. The highest BCUT2D eigenvalue weighted by Gasteiger charge is 2.31. The molecular weight excluding hydrogens is 479 g/mol. The predicted molar refractivity (Wildman–Crippen MR) is 117 cm³/mol. The summed E-state index contributed by atoms with van der Waals surface area (Å²) in [6, 6.07) is 5.76. The predicted octanol–water partition coefficient (Wildman–Crippen LogP) is 2.86. The molecule has 1 aliphatic heterocycles. The number of hydrogen-bond donors (Lipinski definition) is 1. The van der Waals surface area contributed by atoms with Crippen molar-refractivity contribution in [2.24, 2.45) is 5.16 Å². The first-order valence-corrected chi connectivity index (χ1v) is 12.6. The topological polar surface area (TPSA) is 120 Å². The van der Waals surface area contributed by atoms with E-state index in [0.717, 1.165) is 6.20 Å². The van der Waals surface area contributed by atoms with Gasteiger partial charge in [-0.2, -0.15) is 4.39 Å². The van der Waals surface area contributed by atoms with Crippen LogP contribution < -0.4 is 5.32 Å². The molecule has 1 aliphatic rings. The van der Waals surface area contributed by atoms with Gasteiger partial charge in [-0.15, -0.1) is 11.3 Å². The van der Waals surface area contributed by atoms with Crippen LogP contribution in [0.4, 0.5) is 9.52 Å². The maximum atomic E-state index is 13.2. The second-order valence-electron chi connectivity index (χ2n) is 6.62. The maximum absolute atomic E-state index is 13.2. The Hall–Kier alpha value is -2.74. The van der Waals surface area contributed by atoms with Crippen LogP contribution >= 0.6 is 22.7 Å². The van der Waals surface area contributed by atoms with Crippen LogP contribution in [0.15, 0.2) is 52.1 Å². The molecule has 3 aromatic rings. The number of nitrogens with one attached hydrogen (secondary N) is 1. The van der Waals surface area contributed by atoms with Crippen molar-refractivity contribution in [3.63, 3.8) is 0 Å². The number of hydrogen-bond acceptors (Lipinski definition) is 10. The van der Waals surface area contributed by atoms with Crippen LogP contribution in [-0.4, -0.2) is 48.5 Å². The normalized spacial score (nSPS) is 16.8. The van der Waals surface area contributed by atoms with Crippen molar-refractivity contribution in [3.8, 4) is 0 Å². The number of amides is 1. The van der Waals surface area contributed by atoms with Gasteiger partial charge in [-0.3, -0.25) is 10.1 Å². The van der Waals surface area contributed by atoms with E-state index in [1.54, 1.807) is 11.6 Å². The molecular formula is C19H17FN4O5S3. The monoisotopic (exact) mass is 496 g/mol. The lowest BCUT2D eigenvalue weighted by Crippen LogP contribution is -2.25. The van der Waals surface area contributed by atoms with Gasteiger partial charge in [0, 0.05) is 23.7 Å². The van der Waals surface area contributed by atoms with E-state index >= 15 is 0 Å². The number of sulfone groups is 1. The first kappa shape index (κ1) is 22.5. The Kier molecular flexibility index (Phi) is 6.89. The number of benzene rings is 1. The third kappa shape index (κ3) is 5.18. The molecule has 13 heteroatoms. The van der Waals surface area contributed by atoms with Crippen LogP contribution in [0.1, 0.15) is 17.0 Å². The Bertz CT molecular complexity index is 1200. The van der Waals surface area contributed by atoms with Gasteiger partial charge in [-0.25, -0.2) is 18.4 Å². The fourth-order valence-corrected chi connectivity index (χ4v) is 5.57. The first-order valence-electron chi connectivity index (χ1n) is 9.36. The van der Waals surface area contributed by atoms with Gasteiger partial charge in [-0.1, -0.05) is 28.6 Å². The zero-order chi connectivity index (χ0) is 22.6. The Morgan fingerprint density at radius 1 is 1.31 bits per heavy atom. The number of oxime groups is 1. The highest BCUT2D eigenvalue weighted by molar-refractivity contribution is 7.92. The summed E-state index contributed by atoms with van der Waals surface area (Å²) in [5.74, 6) is -0.682. The van der Waals surface area contributed by atoms with E-state index in [9.17, 15) is 17.6 Å². The van der Waals surface area contributed by atoms with Gasteiger partial charge in [0.25, 0.3) is 5.91 Å². The molecule has 32 heavy (non-hydrogen) atoms. The van der Waals surface area contributed by atoms with E-state index in [2.05, 4.69) is 20.4 Å². The third-order valence-electron chi connectivity index (χ3n) is 4.52. The van der Waals surface area contributed by atoms with Crippen LogP contribution in [0.3, 0.4) is 0 Å². The Balaban J connectivity index is 1.57. The summed E-state index contributed by atoms with van der Waals surface area (Å²) >= 11 is 2.03. The van der Waals surface area contributed by atoms with Crippen molar-refractivity contribution in [2.45, 2.75) is 23.2 Å². The minimum Gasteiger partial charge on any atom is -0.388 e. The molecule has 1 saturated heterocycles. The number of aromatic nitrogens is 2. The van der Waals surface area contributed by atoms with Crippen LogP contribution in [0.5, 0.6) is 0 Å². The Morgan fingerprint density at radius 2 is 2.12 bits per heavy atom. The third-order valence-corrected chi connectivity index (χ3v) is 8.16. The summed E-state index contributed by atoms with van der Waals surface area (Å²) in [5.41, 5.74) is 0.200. The van der Waals surface area contributed by atoms with E-state index in [-0.39, 0.29) is 29.0 Å². The SMILES string of the molecule is O=C(Nc1ncc(F)s1)C(=NOCc1nccs1)c1ccc(S(=O)(=O)[C@H]2CCOC2)cc1. The molecule has 2 aromatic heterocycles. The summed E-state index contributed by atoms with van der Waals surface area (Å²) in [4.78, 5) is 26.0. The van der Waals surface area contributed by atoms with Gasteiger partial charge in [0.2, 0.25) is 0 Å². The average Bonchev–Trinajstić information content (AvgIpc) is 3.55. The zero-order valence-electron chi connectivity index (χ0n) is 16.4. The van der Waals surface area contributed by atoms with Crippen molar-refractivity contribution in [3.05, 3.63) is 57.7 Å². The number of carbonyl (C=O) groups is 1. The summed E-state index contributed by atoms with van der Waals surface area (Å²) in [6.45, 7) is 0.620. The number of ether oxygens (including phenoxy) is 1. The quantitative estimate of drug-likeness (QED) is 0.376. The van der Waals surface area contributed by atoms with Crippen molar-refractivity contribution >= 4 is 49.3 Å². The molecule has 4 rings (SSSR count). The zero-order valence-corrected chi connectivity index (χ0v) is 18.9. The first-order chi connectivity index (χ1) is 15.4. The molecule has 1 amide bonds. The summed E-state index contributed by atoms with van der Waals surface area (Å²) in [6.07, 6.45) is 3.04. The van der Waals surface area contributed by atoms with Gasteiger partial charge in [0.05, 0.1) is 22.9 Å². The molecule has 1 aromatic carbocycles. The van der Waals surface area contributed by atoms with E-state index < -0.39 is 26.1 Å². The molecule has 3 heterocycles. The van der Waals surface area contributed by atoms with Gasteiger partial charge >= 0.3 is 0 Å². The van der Waals surface area contributed by atoms with Crippen molar-refractivity contribution in [1.82, 2.24) is 9.97 Å². The molecule has 1 atom stereocenters. The van der Waals surface area contributed by atoms with Crippen LogP contribution in [-0.2, 0) is 30.8 Å². The lowest BCUT2D eigenvalue weighted by Gasteiger charge is -2.11. The largest absolute Gasteiger partial charge is 0.388 e. The van der Waals surface area contributed by atoms with Gasteiger partial charge < -0.3 is 9.57 Å². The molecule has 0 aliphatic carbocycles. The van der Waals surface area contributed by atoms with Gasteiger partial charge in [0.15, 0.2) is 32.4 Å². The molecule has 1 fully saturated rings. The minimum absolute atomic E-state index is 0.0501. The molecule has 0 saturated carbocycles. The van der Waals surface area contributed by atoms with Crippen LogP contribution in [0, 0.1) is 5.13 Å². The van der Waals surface area contributed by atoms with E-state index in [1.807, 2.05) is 0 Å². The summed E-state index contributed by atoms with van der Waals surface area (Å²) in [7, 11) is -3.55. The number of halogens is 1. The van der Waals surface area contributed by atoms with Gasteiger partial charge in [0.1, 0.15) is 5.01 Å². The van der Waals surface area contributed by atoms with Gasteiger partial charge in [-0.05, 0) is 18.6 Å². The lowest BCUT2D eigenvalue weighted by molar-refractivity contribution is -0.110. The second kappa shape index (κ2) is 9.81. The molecule has 0 unspecified atom stereocenters. The van der Waals surface area contributed by atoms with Crippen molar-refractivity contribution in [2.75, 3.05) is 18.5 Å². The van der Waals surface area contributed by atoms with E-state index in [4.69, 9.17) is 9.57 Å². The number of anilines is 1. The summed E-state index contributed by atoms with van der Waals surface area (Å²) < 4.78 is 43.9. The fraction of sp³-hybridized carbons (Fsp3) is 0.263. The van der Waals surface area contributed by atoms with Crippen molar-refractivity contribution < 1.29 is 27.2 Å². The van der Waals surface area contributed by atoms with Crippen LogP contribution in [0.25, 0.3) is 0 Å². The molecule has 1 N–H and O–H groups in total. The Morgan fingerprint density at radius 3 is 2.75 bits per heavy atom. The molecule has 0 radical (unpaired) electrons. The minimum atomic E-state index is -3.55. The molecule has 168 valence electrons. The fourth-order valence-electron chi connectivity index (χ4n) is 2.92. The maximum Gasteiger partial charge on any atom is 0.280 e. The highest BCUT2D eigenvalue weighted by atomic mass is 32.2.